The van der Waals surface area contributed by atoms with Gasteiger partial charge in [0, 0.05) is 30.9 Å². The second-order valence-corrected chi connectivity index (χ2v) is 6.99. The largest absolute Gasteiger partial charge is 0.313 e. The van der Waals surface area contributed by atoms with E-state index in [-0.39, 0.29) is 0 Å². The molecule has 2 nitrogen and oxygen atoms in total. The van der Waals surface area contributed by atoms with Crippen molar-refractivity contribution in [3.8, 4) is 0 Å². The van der Waals surface area contributed by atoms with Crippen molar-refractivity contribution in [3.05, 3.63) is 0 Å². The lowest BCUT2D eigenvalue weighted by molar-refractivity contribution is 0.134. The van der Waals surface area contributed by atoms with Gasteiger partial charge in [0.15, 0.2) is 0 Å². The van der Waals surface area contributed by atoms with E-state index in [0.717, 1.165) is 6.04 Å². The monoisotopic (exact) mass is 272 g/mol. The first-order valence-electron chi connectivity index (χ1n) is 7.49. The van der Waals surface area contributed by atoms with Crippen LogP contribution in [0, 0.1) is 5.41 Å². The number of thioether (sulfide) groups is 1. The van der Waals surface area contributed by atoms with E-state index in [1.54, 1.807) is 0 Å². The first-order valence-corrected chi connectivity index (χ1v) is 8.89. The summed E-state index contributed by atoms with van der Waals surface area (Å²) in [5.41, 5.74) is 0.462. The van der Waals surface area contributed by atoms with Gasteiger partial charge in [0.1, 0.15) is 0 Å². The van der Waals surface area contributed by atoms with E-state index >= 15 is 0 Å². The molecule has 1 atom stereocenters. The molecule has 0 aromatic heterocycles. The number of hydrogen-bond acceptors (Lipinski definition) is 3. The van der Waals surface area contributed by atoms with Crippen LogP contribution in [-0.2, 0) is 0 Å². The highest BCUT2D eigenvalue weighted by Gasteiger charge is 2.31. The van der Waals surface area contributed by atoms with Gasteiger partial charge >= 0.3 is 0 Å². The fourth-order valence-corrected chi connectivity index (χ4v) is 3.22. The summed E-state index contributed by atoms with van der Waals surface area (Å²) in [7, 11) is 2.29. The van der Waals surface area contributed by atoms with Crippen LogP contribution in [-0.4, -0.2) is 49.1 Å². The van der Waals surface area contributed by atoms with Gasteiger partial charge in [-0.3, -0.25) is 0 Å². The predicted octanol–water partition coefficient (Wildman–Crippen LogP) is 3.23. The third kappa shape index (κ3) is 5.10. The average molecular weight is 273 g/mol. The average Bonchev–Trinajstić information content (AvgIpc) is 3.18. The molecule has 1 unspecified atom stereocenters. The minimum Gasteiger partial charge on any atom is -0.313 e. The lowest BCUT2D eigenvalue weighted by Gasteiger charge is -2.38. The summed E-state index contributed by atoms with van der Waals surface area (Å²) >= 11 is 1.95. The summed E-state index contributed by atoms with van der Waals surface area (Å²) in [6.07, 6.45) is 7.54. The molecule has 0 amide bonds. The van der Waals surface area contributed by atoms with Crippen LogP contribution >= 0.6 is 11.8 Å². The Bertz CT molecular complexity index is 225. The molecule has 1 fully saturated rings. The minimum absolute atomic E-state index is 0.462. The Morgan fingerprint density at radius 1 is 1.33 bits per heavy atom. The zero-order valence-electron chi connectivity index (χ0n) is 13.0. The van der Waals surface area contributed by atoms with Gasteiger partial charge in [-0.2, -0.15) is 11.8 Å². The summed E-state index contributed by atoms with van der Waals surface area (Å²) < 4.78 is 0. The highest BCUT2D eigenvalue weighted by atomic mass is 32.2. The fourth-order valence-electron chi connectivity index (χ4n) is 2.48. The Morgan fingerprint density at radius 2 is 1.94 bits per heavy atom. The van der Waals surface area contributed by atoms with Crippen molar-refractivity contribution in [2.75, 3.05) is 32.1 Å². The molecule has 1 N–H and O–H groups in total. The van der Waals surface area contributed by atoms with Crippen molar-refractivity contribution in [1.29, 1.82) is 0 Å². The molecular formula is C15H32N2S. The Labute approximate surface area is 118 Å². The molecule has 3 heteroatoms. The molecular weight excluding hydrogens is 240 g/mol. The van der Waals surface area contributed by atoms with Gasteiger partial charge in [-0.25, -0.2) is 0 Å². The topological polar surface area (TPSA) is 15.3 Å². The molecule has 1 rings (SSSR count). The van der Waals surface area contributed by atoms with Crippen LogP contribution in [0.1, 0.15) is 46.5 Å². The van der Waals surface area contributed by atoms with E-state index in [0.29, 0.717) is 11.5 Å². The molecule has 108 valence electrons. The molecule has 18 heavy (non-hydrogen) atoms. The van der Waals surface area contributed by atoms with Crippen LogP contribution in [0.4, 0.5) is 0 Å². The second-order valence-electron chi connectivity index (χ2n) is 6.08. The normalized spacial score (nSPS) is 18.3. The molecule has 0 heterocycles. The van der Waals surface area contributed by atoms with Crippen LogP contribution in [0.5, 0.6) is 0 Å². The van der Waals surface area contributed by atoms with Gasteiger partial charge in [-0.05, 0) is 51.3 Å². The number of rotatable bonds is 10. The van der Waals surface area contributed by atoms with E-state index < -0.39 is 0 Å². The lowest BCUT2D eigenvalue weighted by atomic mass is 9.81. The maximum absolute atomic E-state index is 3.74. The van der Waals surface area contributed by atoms with E-state index in [1.807, 2.05) is 11.8 Å². The molecule has 0 aliphatic heterocycles. The Hall–Kier alpha value is 0.270. The van der Waals surface area contributed by atoms with Crippen molar-refractivity contribution < 1.29 is 0 Å². The Morgan fingerprint density at radius 3 is 2.39 bits per heavy atom. The molecule has 0 saturated heterocycles. The molecule has 0 bridgehead atoms. The maximum Gasteiger partial charge on any atom is 0.0155 e. The summed E-state index contributed by atoms with van der Waals surface area (Å²) in [6.45, 7) is 9.47. The SMILES string of the molecule is CCC(CC)(CNC1CC1)CN(C)C(C)CSC. The zero-order valence-corrected chi connectivity index (χ0v) is 13.8. The summed E-state index contributed by atoms with van der Waals surface area (Å²) in [5, 5.41) is 3.74. The van der Waals surface area contributed by atoms with Crippen molar-refractivity contribution in [2.24, 2.45) is 5.41 Å². The first kappa shape index (κ1) is 16.3. The molecule has 0 aromatic rings. The van der Waals surface area contributed by atoms with Crippen molar-refractivity contribution in [1.82, 2.24) is 10.2 Å². The number of hydrogen-bond donors (Lipinski definition) is 1. The highest BCUT2D eigenvalue weighted by Crippen LogP contribution is 2.29. The molecule has 1 saturated carbocycles. The van der Waals surface area contributed by atoms with E-state index in [9.17, 15) is 0 Å². The van der Waals surface area contributed by atoms with Crippen LogP contribution in [0.3, 0.4) is 0 Å². The third-order valence-electron chi connectivity index (χ3n) is 4.59. The van der Waals surface area contributed by atoms with E-state index in [2.05, 4.69) is 44.3 Å². The van der Waals surface area contributed by atoms with Crippen LogP contribution in [0.15, 0.2) is 0 Å². The summed E-state index contributed by atoms with van der Waals surface area (Å²) in [4.78, 5) is 2.55. The predicted molar refractivity (Wildman–Crippen MR) is 84.5 cm³/mol. The van der Waals surface area contributed by atoms with Gasteiger partial charge in [-0.15, -0.1) is 0 Å². The Balaban J connectivity index is 2.47. The van der Waals surface area contributed by atoms with Crippen molar-refractivity contribution in [2.45, 2.75) is 58.5 Å². The lowest BCUT2D eigenvalue weighted by Crippen LogP contribution is -2.46. The molecule has 0 radical (unpaired) electrons. The fraction of sp³-hybridized carbons (Fsp3) is 1.00. The van der Waals surface area contributed by atoms with Crippen molar-refractivity contribution >= 4 is 11.8 Å². The van der Waals surface area contributed by atoms with E-state index in [1.165, 1.54) is 44.5 Å². The summed E-state index contributed by atoms with van der Waals surface area (Å²) in [5.74, 6) is 1.23. The van der Waals surface area contributed by atoms with Gasteiger partial charge in [0.2, 0.25) is 0 Å². The maximum atomic E-state index is 3.74. The Kier molecular flexibility index (Phi) is 7.04. The first-order chi connectivity index (χ1) is 8.56. The molecule has 1 aliphatic rings. The molecule has 1 aliphatic carbocycles. The number of nitrogens with zero attached hydrogens (tertiary/aromatic N) is 1. The van der Waals surface area contributed by atoms with Crippen LogP contribution in [0.2, 0.25) is 0 Å². The zero-order chi connectivity index (χ0) is 13.6. The minimum atomic E-state index is 0.462. The standard InChI is InChI=1S/C15H32N2S/c1-6-15(7-2,11-16-14-8-9-14)12-17(4)13(3)10-18-5/h13-14,16H,6-12H2,1-5H3. The van der Waals surface area contributed by atoms with Crippen LogP contribution < -0.4 is 5.32 Å². The molecule has 0 spiro atoms. The van der Waals surface area contributed by atoms with Gasteiger partial charge < -0.3 is 10.2 Å². The van der Waals surface area contributed by atoms with Crippen molar-refractivity contribution in [3.63, 3.8) is 0 Å². The second kappa shape index (κ2) is 7.76. The third-order valence-corrected chi connectivity index (χ3v) is 5.40. The van der Waals surface area contributed by atoms with Gasteiger partial charge in [-0.1, -0.05) is 13.8 Å². The molecule has 0 aromatic carbocycles. The number of nitrogens with one attached hydrogen (secondary N) is 1. The quantitative estimate of drug-likeness (QED) is 0.657. The summed E-state index contributed by atoms with van der Waals surface area (Å²) in [6, 6.07) is 1.51. The van der Waals surface area contributed by atoms with Gasteiger partial charge in [0.25, 0.3) is 0 Å². The van der Waals surface area contributed by atoms with E-state index in [4.69, 9.17) is 0 Å². The smallest absolute Gasteiger partial charge is 0.0155 e. The van der Waals surface area contributed by atoms with Crippen LogP contribution in [0.25, 0.3) is 0 Å². The highest BCUT2D eigenvalue weighted by molar-refractivity contribution is 7.98. The van der Waals surface area contributed by atoms with Gasteiger partial charge in [0.05, 0.1) is 0 Å².